The molecule has 0 saturated carbocycles. The minimum Gasteiger partial charge on any atom is -0.490 e. The molecule has 2 amide bonds. The van der Waals surface area contributed by atoms with Gasteiger partial charge >= 0.3 is 5.91 Å². The molecule has 1 heterocycles. The van der Waals surface area contributed by atoms with E-state index in [0.717, 1.165) is 12.8 Å². The van der Waals surface area contributed by atoms with E-state index >= 15 is 0 Å². The number of ether oxygens (including phenoxy) is 2. The van der Waals surface area contributed by atoms with Crippen LogP contribution in [0.3, 0.4) is 0 Å². The first kappa shape index (κ1) is 18.4. The predicted octanol–water partition coefficient (Wildman–Crippen LogP) is 2.93. The van der Waals surface area contributed by atoms with Crippen LogP contribution in [-0.2, 0) is 0 Å². The van der Waals surface area contributed by atoms with Gasteiger partial charge in [-0.25, -0.2) is 0 Å². The quantitative estimate of drug-likeness (QED) is 0.717. The van der Waals surface area contributed by atoms with E-state index in [1.54, 1.807) is 24.3 Å². The molecule has 2 N–H and O–H groups in total. The molecule has 0 bridgehead atoms. The minimum atomic E-state index is -0.538. The third kappa shape index (κ3) is 5.27. The van der Waals surface area contributed by atoms with E-state index < -0.39 is 11.8 Å². The molecule has 0 saturated heterocycles. The van der Waals surface area contributed by atoms with Gasteiger partial charge in [-0.1, -0.05) is 13.8 Å². The van der Waals surface area contributed by atoms with Gasteiger partial charge in [-0.05, 0) is 43.2 Å². The molecule has 2 aromatic rings. The van der Waals surface area contributed by atoms with Crippen molar-refractivity contribution in [2.24, 2.45) is 0 Å². The van der Waals surface area contributed by atoms with Crippen molar-refractivity contribution in [3.8, 4) is 11.5 Å². The third-order valence-corrected chi connectivity index (χ3v) is 3.16. The summed E-state index contributed by atoms with van der Waals surface area (Å²) in [7, 11) is 0. The molecule has 0 aliphatic rings. The van der Waals surface area contributed by atoms with Crippen molar-refractivity contribution in [1.29, 1.82) is 0 Å². The largest absolute Gasteiger partial charge is 0.490 e. The van der Waals surface area contributed by atoms with Crippen LogP contribution in [0.4, 0.5) is 0 Å². The van der Waals surface area contributed by atoms with E-state index in [1.165, 1.54) is 12.3 Å². The topological polar surface area (TPSA) is 89.8 Å². The lowest BCUT2D eigenvalue weighted by atomic mass is 10.2. The Morgan fingerprint density at radius 2 is 1.64 bits per heavy atom. The highest BCUT2D eigenvalue weighted by atomic mass is 16.5. The second-order valence-corrected chi connectivity index (χ2v) is 5.24. The van der Waals surface area contributed by atoms with E-state index in [2.05, 4.69) is 10.9 Å². The Kier molecular flexibility index (Phi) is 6.88. The molecular formula is C18H22N2O5. The van der Waals surface area contributed by atoms with Gasteiger partial charge < -0.3 is 13.9 Å². The first-order valence-electron chi connectivity index (χ1n) is 8.19. The maximum atomic E-state index is 12.2. The average molecular weight is 346 g/mol. The maximum Gasteiger partial charge on any atom is 0.305 e. The fourth-order valence-corrected chi connectivity index (χ4v) is 1.96. The van der Waals surface area contributed by atoms with Gasteiger partial charge in [0.1, 0.15) is 0 Å². The number of nitrogens with one attached hydrogen (secondary N) is 2. The van der Waals surface area contributed by atoms with E-state index in [9.17, 15) is 9.59 Å². The van der Waals surface area contributed by atoms with Gasteiger partial charge in [-0.2, -0.15) is 0 Å². The lowest BCUT2D eigenvalue weighted by Crippen LogP contribution is -2.41. The van der Waals surface area contributed by atoms with Crippen LogP contribution in [-0.4, -0.2) is 25.0 Å². The van der Waals surface area contributed by atoms with Crippen LogP contribution in [0.1, 0.15) is 47.6 Å². The summed E-state index contributed by atoms with van der Waals surface area (Å²) in [5, 5.41) is 0. The highest BCUT2D eigenvalue weighted by Gasteiger charge is 2.14. The van der Waals surface area contributed by atoms with Crippen LogP contribution in [0.2, 0.25) is 0 Å². The van der Waals surface area contributed by atoms with Crippen LogP contribution in [0, 0.1) is 0 Å². The van der Waals surface area contributed by atoms with Gasteiger partial charge in [-0.15, -0.1) is 0 Å². The van der Waals surface area contributed by atoms with Crippen LogP contribution < -0.4 is 20.3 Å². The Morgan fingerprint density at radius 1 is 0.960 bits per heavy atom. The molecule has 0 unspecified atom stereocenters. The normalized spacial score (nSPS) is 10.2. The molecule has 25 heavy (non-hydrogen) atoms. The zero-order valence-electron chi connectivity index (χ0n) is 14.3. The van der Waals surface area contributed by atoms with Crippen molar-refractivity contribution in [1.82, 2.24) is 10.9 Å². The van der Waals surface area contributed by atoms with Gasteiger partial charge in [-0.3, -0.25) is 20.4 Å². The summed E-state index contributed by atoms with van der Waals surface area (Å²) in [5.41, 5.74) is 4.97. The molecule has 7 nitrogen and oxygen atoms in total. The van der Waals surface area contributed by atoms with Crippen LogP contribution in [0.5, 0.6) is 11.5 Å². The van der Waals surface area contributed by atoms with E-state index in [1.807, 2.05) is 13.8 Å². The summed E-state index contributed by atoms with van der Waals surface area (Å²) in [6, 6.07) is 7.97. The number of furan rings is 1. The van der Waals surface area contributed by atoms with Gasteiger partial charge in [0.15, 0.2) is 17.3 Å². The standard InChI is InChI=1S/C18H22N2O5/c1-3-9-23-14-8-7-13(12-16(14)24-10-4-2)17(21)19-20-18(22)15-6-5-11-25-15/h5-8,11-12H,3-4,9-10H2,1-2H3,(H,19,21)(H,20,22). The number of hydrazine groups is 1. The number of carbonyl (C=O) groups excluding carboxylic acids is 2. The fourth-order valence-electron chi connectivity index (χ4n) is 1.96. The number of benzene rings is 1. The molecule has 0 aliphatic heterocycles. The van der Waals surface area contributed by atoms with Crippen molar-refractivity contribution in [2.75, 3.05) is 13.2 Å². The van der Waals surface area contributed by atoms with Gasteiger partial charge in [0.2, 0.25) is 0 Å². The van der Waals surface area contributed by atoms with Crippen molar-refractivity contribution >= 4 is 11.8 Å². The summed E-state index contributed by atoms with van der Waals surface area (Å²) in [6.07, 6.45) is 3.08. The zero-order valence-corrected chi connectivity index (χ0v) is 14.3. The first-order valence-corrected chi connectivity index (χ1v) is 8.19. The Labute approximate surface area is 146 Å². The molecule has 0 radical (unpaired) electrons. The summed E-state index contributed by atoms with van der Waals surface area (Å²) < 4.78 is 16.2. The number of hydrogen-bond acceptors (Lipinski definition) is 5. The Hall–Kier alpha value is -2.96. The molecule has 0 spiro atoms. The molecule has 2 rings (SSSR count). The number of rotatable bonds is 8. The van der Waals surface area contributed by atoms with Crippen LogP contribution in [0.15, 0.2) is 41.0 Å². The monoisotopic (exact) mass is 346 g/mol. The Bertz CT molecular complexity index is 697. The van der Waals surface area contributed by atoms with E-state index in [4.69, 9.17) is 13.9 Å². The number of hydrogen-bond donors (Lipinski definition) is 2. The average Bonchev–Trinajstić information content (AvgIpc) is 3.17. The van der Waals surface area contributed by atoms with E-state index in [-0.39, 0.29) is 5.76 Å². The Morgan fingerprint density at radius 3 is 2.28 bits per heavy atom. The number of amides is 2. The highest BCUT2D eigenvalue weighted by Crippen LogP contribution is 2.28. The fraction of sp³-hybridized carbons (Fsp3) is 0.333. The SMILES string of the molecule is CCCOc1ccc(C(=O)NNC(=O)c2ccco2)cc1OCCC. The second-order valence-electron chi connectivity index (χ2n) is 5.24. The molecule has 0 atom stereocenters. The summed E-state index contributed by atoms with van der Waals surface area (Å²) in [5.74, 6) is 0.189. The second kappa shape index (κ2) is 9.36. The summed E-state index contributed by atoms with van der Waals surface area (Å²) >= 11 is 0. The maximum absolute atomic E-state index is 12.2. The molecule has 1 aromatic carbocycles. The van der Waals surface area contributed by atoms with Crippen LogP contribution in [0.25, 0.3) is 0 Å². The molecule has 0 fully saturated rings. The predicted molar refractivity (Wildman–Crippen MR) is 91.7 cm³/mol. The molecule has 7 heteroatoms. The first-order chi connectivity index (χ1) is 12.2. The summed E-state index contributed by atoms with van der Waals surface area (Å²) in [6.45, 7) is 5.08. The minimum absolute atomic E-state index is 0.107. The Balaban J connectivity index is 2.03. The zero-order chi connectivity index (χ0) is 18.1. The van der Waals surface area contributed by atoms with Gasteiger partial charge in [0, 0.05) is 5.56 Å². The summed E-state index contributed by atoms with van der Waals surface area (Å²) in [4.78, 5) is 24.0. The molecule has 134 valence electrons. The highest BCUT2D eigenvalue weighted by molar-refractivity contribution is 5.98. The smallest absolute Gasteiger partial charge is 0.305 e. The molecule has 0 aliphatic carbocycles. The molecular weight excluding hydrogens is 324 g/mol. The lowest BCUT2D eigenvalue weighted by Gasteiger charge is -2.13. The van der Waals surface area contributed by atoms with Crippen molar-refractivity contribution in [3.63, 3.8) is 0 Å². The van der Waals surface area contributed by atoms with Crippen molar-refractivity contribution in [3.05, 3.63) is 47.9 Å². The molecule has 1 aromatic heterocycles. The third-order valence-electron chi connectivity index (χ3n) is 3.16. The van der Waals surface area contributed by atoms with Crippen molar-refractivity contribution in [2.45, 2.75) is 26.7 Å². The lowest BCUT2D eigenvalue weighted by molar-refractivity contribution is 0.0830. The van der Waals surface area contributed by atoms with Gasteiger partial charge in [0.05, 0.1) is 19.5 Å². The number of carbonyl (C=O) groups is 2. The van der Waals surface area contributed by atoms with Crippen molar-refractivity contribution < 1.29 is 23.5 Å². The van der Waals surface area contributed by atoms with Crippen LogP contribution >= 0.6 is 0 Å². The van der Waals surface area contributed by atoms with E-state index in [0.29, 0.717) is 30.3 Å². The van der Waals surface area contributed by atoms with Gasteiger partial charge in [0.25, 0.3) is 5.91 Å².